The van der Waals surface area contributed by atoms with Gasteiger partial charge in [0.05, 0.1) is 11.9 Å². The molecule has 0 bridgehead atoms. The first-order valence-electron chi connectivity index (χ1n) is 7.72. The number of carbonyl (C=O) groups excluding carboxylic acids is 1. The third-order valence-electron chi connectivity index (χ3n) is 3.82. The van der Waals surface area contributed by atoms with E-state index in [0.29, 0.717) is 11.4 Å². The van der Waals surface area contributed by atoms with Gasteiger partial charge in [-0.3, -0.25) is 9.10 Å². The van der Waals surface area contributed by atoms with Crippen LogP contribution in [-0.2, 0) is 14.8 Å². The highest BCUT2D eigenvalue weighted by molar-refractivity contribution is 14.1. The summed E-state index contributed by atoms with van der Waals surface area (Å²) < 4.78 is 26.8. The standard InChI is InChI=1S/C18H21IN2O3S/c1-12-5-8-16(9-6-12)21(25(4,23)24)14(3)18(22)20-17-10-7-15(19)11-13(17)2/h5-11,14H,1-4H3,(H,20,22)/t14-/m0/s1. The van der Waals surface area contributed by atoms with E-state index in [-0.39, 0.29) is 5.91 Å². The van der Waals surface area contributed by atoms with Gasteiger partial charge < -0.3 is 5.32 Å². The fourth-order valence-corrected chi connectivity index (χ4v) is 4.33. The van der Waals surface area contributed by atoms with Crippen molar-refractivity contribution in [2.75, 3.05) is 15.9 Å². The van der Waals surface area contributed by atoms with Crippen molar-refractivity contribution < 1.29 is 13.2 Å². The van der Waals surface area contributed by atoms with Gasteiger partial charge in [-0.15, -0.1) is 0 Å². The molecule has 1 N–H and O–H groups in total. The zero-order valence-corrected chi connectivity index (χ0v) is 17.6. The molecule has 2 aromatic rings. The molecule has 0 aliphatic carbocycles. The molecule has 0 unspecified atom stereocenters. The summed E-state index contributed by atoms with van der Waals surface area (Å²) in [4.78, 5) is 12.7. The largest absolute Gasteiger partial charge is 0.324 e. The second kappa shape index (κ2) is 7.74. The van der Waals surface area contributed by atoms with Crippen LogP contribution in [-0.4, -0.2) is 26.6 Å². The van der Waals surface area contributed by atoms with Gasteiger partial charge >= 0.3 is 0 Å². The Morgan fingerprint density at radius 1 is 1.12 bits per heavy atom. The predicted molar refractivity (Wildman–Crippen MR) is 110 cm³/mol. The van der Waals surface area contributed by atoms with Crippen LogP contribution in [0.1, 0.15) is 18.1 Å². The Balaban J connectivity index is 2.31. The van der Waals surface area contributed by atoms with E-state index in [1.165, 1.54) is 0 Å². The molecule has 0 saturated carbocycles. The third-order valence-corrected chi connectivity index (χ3v) is 5.74. The highest BCUT2D eigenvalue weighted by atomic mass is 127. The van der Waals surface area contributed by atoms with Crippen LogP contribution in [0, 0.1) is 17.4 Å². The number of anilines is 2. The minimum atomic E-state index is -3.61. The van der Waals surface area contributed by atoms with Gasteiger partial charge in [0, 0.05) is 9.26 Å². The van der Waals surface area contributed by atoms with E-state index >= 15 is 0 Å². The number of carbonyl (C=O) groups is 1. The van der Waals surface area contributed by atoms with Gasteiger partial charge in [0.2, 0.25) is 15.9 Å². The fourth-order valence-electron chi connectivity index (χ4n) is 2.50. The van der Waals surface area contributed by atoms with Crippen LogP contribution in [0.3, 0.4) is 0 Å². The lowest BCUT2D eigenvalue weighted by Gasteiger charge is -2.28. The third kappa shape index (κ3) is 4.94. The van der Waals surface area contributed by atoms with Crippen molar-refractivity contribution in [1.82, 2.24) is 0 Å². The summed E-state index contributed by atoms with van der Waals surface area (Å²) in [7, 11) is -3.61. The summed E-state index contributed by atoms with van der Waals surface area (Å²) in [6, 6.07) is 11.8. The molecule has 1 atom stereocenters. The van der Waals surface area contributed by atoms with Crippen molar-refractivity contribution in [2.24, 2.45) is 0 Å². The summed E-state index contributed by atoms with van der Waals surface area (Å²) in [5.41, 5.74) is 3.09. The average molecular weight is 472 g/mol. The summed E-state index contributed by atoms with van der Waals surface area (Å²) in [6.07, 6.45) is 1.10. The summed E-state index contributed by atoms with van der Waals surface area (Å²) in [6.45, 7) is 5.40. The highest BCUT2D eigenvalue weighted by Gasteiger charge is 2.29. The second-order valence-corrected chi connectivity index (χ2v) is 9.12. The highest BCUT2D eigenvalue weighted by Crippen LogP contribution is 2.23. The zero-order chi connectivity index (χ0) is 18.8. The fraction of sp³-hybridized carbons (Fsp3) is 0.278. The van der Waals surface area contributed by atoms with Gasteiger partial charge in [0.25, 0.3) is 0 Å². The van der Waals surface area contributed by atoms with Gasteiger partial charge in [-0.1, -0.05) is 17.7 Å². The van der Waals surface area contributed by atoms with Crippen molar-refractivity contribution in [2.45, 2.75) is 26.8 Å². The molecular weight excluding hydrogens is 451 g/mol. The number of hydrogen-bond acceptors (Lipinski definition) is 3. The van der Waals surface area contributed by atoms with Gasteiger partial charge in [0.15, 0.2) is 0 Å². The molecule has 0 heterocycles. The van der Waals surface area contributed by atoms with Crippen molar-refractivity contribution in [1.29, 1.82) is 0 Å². The zero-order valence-electron chi connectivity index (χ0n) is 14.6. The van der Waals surface area contributed by atoms with Crippen molar-refractivity contribution in [3.63, 3.8) is 0 Å². The SMILES string of the molecule is Cc1ccc(N([C@@H](C)C(=O)Nc2ccc(I)cc2C)S(C)(=O)=O)cc1. The number of amides is 1. The monoisotopic (exact) mass is 472 g/mol. The molecule has 0 aliphatic rings. The molecule has 134 valence electrons. The smallest absolute Gasteiger partial charge is 0.248 e. The maximum Gasteiger partial charge on any atom is 0.248 e. The minimum Gasteiger partial charge on any atom is -0.324 e. The van der Waals surface area contributed by atoms with Crippen LogP contribution in [0.2, 0.25) is 0 Å². The van der Waals surface area contributed by atoms with Gasteiger partial charge in [-0.25, -0.2) is 8.42 Å². The van der Waals surface area contributed by atoms with E-state index in [1.54, 1.807) is 19.1 Å². The lowest BCUT2D eigenvalue weighted by Crippen LogP contribution is -2.45. The van der Waals surface area contributed by atoms with Crippen LogP contribution >= 0.6 is 22.6 Å². The van der Waals surface area contributed by atoms with Gasteiger partial charge in [-0.05, 0) is 79.3 Å². The van der Waals surface area contributed by atoms with E-state index in [4.69, 9.17) is 0 Å². The normalized spacial score (nSPS) is 12.5. The van der Waals surface area contributed by atoms with E-state index in [0.717, 1.165) is 25.3 Å². The lowest BCUT2D eigenvalue weighted by molar-refractivity contribution is -0.116. The molecule has 25 heavy (non-hydrogen) atoms. The van der Waals surface area contributed by atoms with E-state index in [9.17, 15) is 13.2 Å². The first kappa shape index (κ1) is 19.7. The minimum absolute atomic E-state index is 0.379. The molecule has 0 fully saturated rings. The number of hydrogen-bond donors (Lipinski definition) is 1. The lowest BCUT2D eigenvalue weighted by atomic mass is 10.2. The van der Waals surface area contributed by atoms with Gasteiger partial charge in [-0.2, -0.15) is 0 Å². The van der Waals surface area contributed by atoms with E-state index in [1.807, 2.05) is 44.2 Å². The summed E-state index contributed by atoms with van der Waals surface area (Å²) in [5, 5.41) is 2.82. The maximum absolute atomic E-state index is 12.7. The van der Waals surface area contributed by atoms with Crippen LogP contribution < -0.4 is 9.62 Å². The number of nitrogens with one attached hydrogen (secondary N) is 1. The van der Waals surface area contributed by atoms with E-state index in [2.05, 4.69) is 27.9 Å². The number of rotatable bonds is 5. The average Bonchev–Trinajstić information content (AvgIpc) is 2.50. The first-order chi connectivity index (χ1) is 11.6. The summed E-state index contributed by atoms with van der Waals surface area (Å²) >= 11 is 2.20. The molecule has 0 aromatic heterocycles. The Hall–Kier alpha value is -1.61. The van der Waals surface area contributed by atoms with Gasteiger partial charge in [0.1, 0.15) is 6.04 Å². The Bertz CT molecular complexity index is 880. The Kier molecular flexibility index (Phi) is 6.10. The number of aryl methyl sites for hydroxylation is 2. The Labute approximate surface area is 162 Å². The van der Waals surface area contributed by atoms with Crippen molar-refractivity contribution in [3.8, 4) is 0 Å². The Morgan fingerprint density at radius 2 is 1.72 bits per heavy atom. The van der Waals surface area contributed by atoms with Crippen LogP contribution in [0.4, 0.5) is 11.4 Å². The second-order valence-electron chi connectivity index (χ2n) is 6.02. The number of halogens is 1. The molecular formula is C18H21IN2O3S. The molecule has 2 aromatic carbocycles. The number of sulfonamides is 1. The number of benzene rings is 2. The molecule has 5 nitrogen and oxygen atoms in total. The topological polar surface area (TPSA) is 66.5 Å². The predicted octanol–water partition coefficient (Wildman–Crippen LogP) is 3.70. The van der Waals surface area contributed by atoms with Crippen molar-refractivity contribution in [3.05, 3.63) is 57.2 Å². The molecule has 0 saturated heterocycles. The molecule has 7 heteroatoms. The molecule has 0 aliphatic heterocycles. The Morgan fingerprint density at radius 3 is 2.24 bits per heavy atom. The number of nitrogens with zero attached hydrogens (tertiary/aromatic N) is 1. The molecule has 2 rings (SSSR count). The van der Waals surface area contributed by atoms with Crippen molar-refractivity contribution >= 4 is 49.9 Å². The summed E-state index contributed by atoms with van der Waals surface area (Å²) in [5.74, 6) is -0.379. The van der Waals surface area contributed by atoms with Crippen LogP contribution in [0.5, 0.6) is 0 Å². The molecule has 0 radical (unpaired) electrons. The molecule has 1 amide bonds. The maximum atomic E-state index is 12.7. The first-order valence-corrected chi connectivity index (χ1v) is 10.7. The molecule has 0 spiro atoms. The van der Waals surface area contributed by atoms with E-state index < -0.39 is 16.1 Å². The van der Waals surface area contributed by atoms with Crippen LogP contribution in [0.25, 0.3) is 0 Å². The quantitative estimate of drug-likeness (QED) is 0.676. The van der Waals surface area contributed by atoms with Crippen LogP contribution in [0.15, 0.2) is 42.5 Å².